The number of piperidine rings is 1. The second kappa shape index (κ2) is 7.89. The molecule has 1 aromatic heterocycles. The average molecular weight is 375 g/mol. The summed E-state index contributed by atoms with van der Waals surface area (Å²) in [7, 11) is 0. The number of pyridine rings is 1. The molecule has 0 radical (unpaired) electrons. The van der Waals surface area contributed by atoms with Gasteiger partial charge in [-0.3, -0.25) is 9.78 Å². The largest absolute Gasteiger partial charge is 0.490 e. The van der Waals surface area contributed by atoms with Gasteiger partial charge in [0.1, 0.15) is 11.9 Å². The van der Waals surface area contributed by atoms with Crippen LogP contribution in [0.1, 0.15) is 26.2 Å². The van der Waals surface area contributed by atoms with Crippen molar-refractivity contribution >= 4 is 22.5 Å². The first-order valence-electron chi connectivity index (χ1n) is 9.84. The van der Waals surface area contributed by atoms with E-state index >= 15 is 0 Å². The second-order valence-electron chi connectivity index (χ2n) is 7.18. The Bertz CT molecular complexity index is 977. The Kier molecular flexibility index (Phi) is 5.15. The highest BCUT2D eigenvalue weighted by Gasteiger charge is 2.23. The third-order valence-electron chi connectivity index (χ3n) is 5.38. The van der Waals surface area contributed by atoms with Crippen molar-refractivity contribution < 1.29 is 9.53 Å². The lowest BCUT2D eigenvalue weighted by molar-refractivity contribution is -0.132. The summed E-state index contributed by atoms with van der Waals surface area (Å²) in [6.07, 6.45) is 4.29. The van der Waals surface area contributed by atoms with Crippen molar-refractivity contribution in [3.8, 4) is 16.9 Å². The number of ether oxygens (including phenoxy) is 1. The summed E-state index contributed by atoms with van der Waals surface area (Å²) in [4.78, 5) is 18.2. The molecule has 0 saturated carbocycles. The summed E-state index contributed by atoms with van der Waals surface area (Å²) in [5, 5.41) is 0.966. The number of carbonyl (C=O) groups excluding carboxylic acids is 1. The van der Waals surface area contributed by atoms with Crippen molar-refractivity contribution in [2.45, 2.75) is 32.3 Å². The minimum absolute atomic E-state index is 0.152. The third-order valence-corrected chi connectivity index (χ3v) is 5.38. The quantitative estimate of drug-likeness (QED) is 0.740. The van der Waals surface area contributed by atoms with Gasteiger partial charge in [0.25, 0.3) is 0 Å². The van der Waals surface area contributed by atoms with Crippen LogP contribution in [0.15, 0.2) is 54.7 Å². The molecule has 2 heterocycles. The van der Waals surface area contributed by atoms with Crippen LogP contribution in [0, 0.1) is 0 Å². The van der Waals surface area contributed by atoms with Crippen molar-refractivity contribution in [2.24, 2.45) is 0 Å². The number of rotatable bonds is 4. The number of aromatic nitrogens is 1. The van der Waals surface area contributed by atoms with Crippen LogP contribution in [0.2, 0.25) is 0 Å². The molecule has 28 heavy (non-hydrogen) atoms. The maximum Gasteiger partial charge on any atom is 0.222 e. The number of hydrogen-bond donors (Lipinski definition) is 1. The highest BCUT2D eigenvalue weighted by Crippen LogP contribution is 2.32. The lowest BCUT2D eigenvalue weighted by Crippen LogP contribution is -2.41. The Morgan fingerprint density at radius 1 is 1.14 bits per heavy atom. The first kappa shape index (κ1) is 18.3. The summed E-state index contributed by atoms with van der Waals surface area (Å²) < 4.78 is 6.12. The van der Waals surface area contributed by atoms with Gasteiger partial charge in [-0.05, 0) is 23.8 Å². The molecule has 2 aromatic carbocycles. The number of nitrogens with two attached hydrogens (primary N) is 1. The molecule has 4 rings (SSSR count). The lowest BCUT2D eigenvalue weighted by atomic mass is 10.0. The molecule has 1 fully saturated rings. The van der Waals surface area contributed by atoms with Crippen LogP contribution in [0.5, 0.6) is 5.75 Å². The summed E-state index contributed by atoms with van der Waals surface area (Å²) in [5.74, 6) is 1.07. The van der Waals surface area contributed by atoms with E-state index in [2.05, 4.69) is 4.98 Å². The Hall–Kier alpha value is -3.08. The monoisotopic (exact) mass is 375 g/mol. The van der Waals surface area contributed by atoms with Crippen molar-refractivity contribution in [1.82, 2.24) is 9.88 Å². The molecule has 0 unspecified atom stereocenters. The zero-order valence-corrected chi connectivity index (χ0v) is 16.1. The fraction of sp³-hybridized carbons (Fsp3) is 0.304. The van der Waals surface area contributed by atoms with Crippen LogP contribution < -0.4 is 10.5 Å². The first-order valence-corrected chi connectivity index (χ1v) is 9.84. The van der Waals surface area contributed by atoms with Gasteiger partial charge < -0.3 is 15.4 Å². The number of amides is 1. The number of anilines is 1. The topological polar surface area (TPSA) is 68.5 Å². The van der Waals surface area contributed by atoms with Gasteiger partial charge in [0.2, 0.25) is 5.91 Å². The molecule has 1 aliphatic heterocycles. The summed E-state index contributed by atoms with van der Waals surface area (Å²) in [6, 6.07) is 15.9. The molecule has 0 aliphatic carbocycles. The number of para-hydroxylation sites is 1. The van der Waals surface area contributed by atoms with Crippen LogP contribution in [0.4, 0.5) is 5.69 Å². The van der Waals surface area contributed by atoms with Crippen molar-refractivity contribution in [3.05, 3.63) is 54.7 Å². The van der Waals surface area contributed by atoms with E-state index in [1.165, 1.54) is 0 Å². The first-order chi connectivity index (χ1) is 13.7. The Labute approximate surface area is 165 Å². The zero-order chi connectivity index (χ0) is 19.5. The van der Waals surface area contributed by atoms with E-state index in [0.717, 1.165) is 59.4 Å². The van der Waals surface area contributed by atoms with E-state index in [9.17, 15) is 4.79 Å². The molecule has 1 aliphatic rings. The number of fused-ring (bicyclic) bond motifs is 1. The average Bonchev–Trinajstić information content (AvgIpc) is 2.75. The van der Waals surface area contributed by atoms with Gasteiger partial charge in [0, 0.05) is 49.5 Å². The lowest BCUT2D eigenvalue weighted by Gasteiger charge is -2.32. The van der Waals surface area contributed by atoms with E-state index in [-0.39, 0.29) is 12.0 Å². The fourth-order valence-electron chi connectivity index (χ4n) is 3.74. The van der Waals surface area contributed by atoms with Gasteiger partial charge in [-0.15, -0.1) is 0 Å². The second-order valence-corrected chi connectivity index (χ2v) is 7.18. The molecule has 1 amide bonds. The van der Waals surface area contributed by atoms with E-state index in [1.807, 2.05) is 66.6 Å². The third kappa shape index (κ3) is 3.65. The predicted octanol–water partition coefficient (Wildman–Crippen LogP) is 4.26. The number of nitrogen functional groups attached to an aromatic ring is 1. The van der Waals surface area contributed by atoms with E-state index < -0.39 is 0 Å². The number of benzene rings is 2. The highest BCUT2D eigenvalue weighted by molar-refractivity contribution is 5.97. The number of hydrogen-bond acceptors (Lipinski definition) is 4. The standard InChI is InChI=1S/C23H25N3O2/c1-2-22(27)26-13-11-18(12-14-26)28-17-9-7-16(8-10-17)20-15-25-21-6-4-3-5-19(21)23(20)24/h3-10,15,18H,2,11-14H2,1H3,(H2,24,25). The molecule has 0 bridgehead atoms. The van der Waals surface area contributed by atoms with Crippen LogP contribution in [0.25, 0.3) is 22.0 Å². The SMILES string of the molecule is CCC(=O)N1CCC(Oc2ccc(-c3cnc4ccccc4c3N)cc2)CC1. The molecule has 2 N–H and O–H groups in total. The molecular formula is C23H25N3O2. The Morgan fingerprint density at radius 3 is 2.57 bits per heavy atom. The maximum absolute atomic E-state index is 11.8. The maximum atomic E-state index is 11.8. The van der Waals surface area contributed by atoms with Crippen LogP contribution in [-0.4, -0.2) is 35.0 Å². The summed E-state index contributed by atoms with van der Waals surface area (Å²) in [6.45, 7) is 3.45. The van der Waals surface area contributed by atoms with Crippen molar-refractivity contribution in [1.29, 1.82) is 0 Å². The minimum atomic E-state index is 0.152. The summed E-state index contributed by atoms with van der Waals surface area (Å²) in [5.41, 5.74) is 9.97. The Balaban J connectivity index is 1.45. The molecule has 3 aromatic rings. The van der Waals surface area contributed by atoms with Gasteiger partial charge in [-0.2, -0.15) is 0 Å². The Morgan fingerprint density at radius 2 is 1.86 bits per heavy atom. The predicted molar refractivity (Wildman–Crippen MR) is 112 cm³/mol. The van der Waals surface area contributed by atoms with Gasteiger partial charge >= 0.3 is 0 Å². The smallest absolute Gasteiger partial charge is 0.222 e. The van der Waals surface area contributed by atoms with Crippen LogP contribution in [0.3, 0.4) is 0 Å². The highest BCUT2D eigenvalue weighted by atomic mass is 16.5. The molecule has 5 heteroatoms. The van der Waals surface area contributed by atoms with Crippen molar-refractivity contribution in [2.75, 3.05) is 18.8 Å². The number of carbonyl (C=O) groups is 1. The molecule has 144 valence electrons. The van der Waals surface area contributed by atoms with Gasteiger partial charge in [-0.1, -0.05) is 37.3 Å². The number of nitrogens with zero attached hydrogens (tertiary/aromatic N) is 2. The van der Waals surface area contributed by atoms with Gasteiger partial charge in [-0.25, -0.2) is 0 Å². The normalized spacial score (nSPS) is 15.0. The van der Waals surface area contributed by atoms with Crippen LogP contribution >= 0.6 is 0 Å². The minimum Gasteiger partial charge on any atom is -0.490 e. The van der Waals surface area contributed by atoms with Crippen molar-refractivity contribution in [3.63, 3.8) is 0 Å². The molecule has 0 spiro atoms. The van der Waals surface area contributed by atoms with Gasteiger partial charge in [0.05, 0.1) is 11.2 Å². The van der Waals surface area contributed by atoms with E-state index in [0.29, 0.717) is 6.42 Å². The molecule has 1 saturated heterocycles. The van der Waals surface area contributed by atoms with Crippen LogP contribution in [-0.2, 0) is 4.79 Å². The number of likely N-dealkylation sites (tertiary alicyclic amines) is 1. The summed E-state index contributed by atoms with van der Waals surface area (Å²) >= 11 is 0. The zero-order valence-electron chi connectivity index (χ0n) is 16.1. The molecule has 5 nitrogen and oxygen atoms in total. The fourth-order valence-corrected chi connectivity index (χ4v) is 3.74. The molecule has 0 atom stereocenters. The molecular weight excluding hydrogens is 350 g/mol. The van der Waals surface area contributed by atoms with E-state index in [4.69, 9.17) is 10.5 Å². The van der Waals surface area contributed by atoms with E-state index in [1.54, 1.807) is 0 Å². The van der Waals surface area contributed by atoms with Gasteiger partial charge in [0.15, 0.2) is 0 Å².